The lowest BCUT2D eigenvalue weighted by atomic mass is 10.1. The summed E-state index contributed by atoms with van der Waals surface area (Å²) >= 11 is 3.33. The zero-order valence-electron chi connectivity index (χ0n) is 11.8. The van der Waals surface area contributed by atoms with Crippen LogP contribution >= 0.6 is 15.9 Å². The minimum atomic E-state index is 0.678. The predicted octanol–water partition coefficient (Wildman–Crippen LogP) is 3.62. The fraction of sp³-hybridized carbons (Fsp3) is 0.118. The molecule has 3 rings (SSSR count). The molecule has 0 unspecified atom stereocenters. The number of aromatic amines is 1. The van der Waals surface area contributed by atoms with Crippen molar-refractivity contribution in [2.75, 3.05) is 0 Å². The van der Waals surface area contributed by atoms with Crippen LogP contribution in [0.4, 0.5) is 0 Å². The van der Waals surface area contributed by atoms with Crippen LogP contribution in [-0.4, -0.2) is 15.0 Å². The zero-order valence-corrected chi connectivity index (χ0v) is 13.3. The van der Waals surface area contributed by atoms with Gasteiger partial charge in [0.15, 0.2) is 0 Å². The number of nitrogens with one attached hydrogen (secondary N) is 1. The van der Waals surface area contributed by atoms with E-state index in [1.165, 1.54) is 0 Å². The van der Waals surface area contributed by atoms with Gasteiger partial charge in [0, 0.05) is 30.9 Å². The Bertz CT molecular complexity index is 798. The van der Waals surface area contributed by atoms with Gasteiger partial charge in [-0.05, 0) is 45.3 Å². The largest absolute Gasteiger partial charge is 0.345 e. The summed E-state index contributed by atoms with van der Waals surface area (Å²) in [5.41, 5.74) is 4.00. The number of aromatic nitrogens is 3. The molecule has 0 saturated carbocycles. The van der Waals surface area contributed by atoms with Crippen molar-refractivity contribution in [1.82, 2.24) is 15.0 Å². The zero-order chi connectivity index (χ0) is 15.4. The molecule has 0 radical (unpaired) electrons. The lowest BCUT2D eigenvalue weighted by Gasteiger charge is -2.00. The van der Waals surface area contributed by atoms with E-state index >= 15 is 0 Å². The number of hydrogen-bond acceptors (Lipinski definition) is 3. The molecule has 0 aliphatic heterocycles. The van der Waals surface area contributed by atoms with Crippen LogP contribution in [-0.2, 0) is 12.8 Å². The molecule has 2 aromatic heterocycles. The second kappa shape index (κ2) is 6.54. The highest BCUT2D eigenvalue weighted by Gasteiger charge is 2.04. The minimum absolute atomic E-state index is 0.678. The average molecular weight is 353 g/mol. The third-order valence-corrected chi connectivity index (χ3v) is 3.79. The van der Waals surface area contributed by atoms with E-state index in [4.69, 9.17) is 5.26 Å². The van der Waals surface area contributed by atoms with Gasteiger partial charge in [0.25, 0.3) is 0 Å². The van der Waals surface area contributed by atoms with Crippen molar-refractivity contribution in [2.24, 2.45) is 0 Å². The van der Waals surface area contributed by atoms with Gasteiger partial charge < -0.3 is 4.98 Å². The molecule has 0 aliphatic rings. The Morgan fingerprint density at radius 2 is 1.73 bits per heavy atom. The Balaban J connectivity index is 1.68. The molecule has 108 valence electrons. The van der Waals surface area contributed by atoms with Crippen molar-refractivity contribution in [3.05, 3.63) is 81.6 Å². The number of benzene rings is 1. The highest BCUT2D eigenvalue weighted by molar-refractivity contribution is 9.10. The van der Waals surface area contributed by atoms with Crippen LogP contribution < -0.4 is 0 Å². The summed E-state index contributed by atoms with van der Waals surface area (Å²) in [4.78, 5) is 12.0. The van der Waals surface area contributed by atoms with Gasteiger partial charge in [-0.3, -0.25) is 0 Å². The summed E-state index contributed by atoms with van der Waals surface area (Å²) in [7, 11) is 0. The van der Waals surface area contributed by atoms with E-state index in [-0.39, 0.29) is 0 Å². The minimum Gasteiger partial charge on any atom is -0.345 e. The maximum absolute atomic E-state index is 8.80. The third kappa shape index (κ3) is 3.60. The van der Waals surface area contributed by atoms with Crippen molar-refractivity contribution in [1.29, 1.82) is 5.26 Å². The van der Waals surface area contributed by atoms with E-state index in [1.807, 2.05) is 48.8 Å². The molecule has 4 nitrogen and oxygen atoms in total. The van der Waals surface area contributed by atoms with Crippen LogP contribution in [0.3, 0.4) is 0 Å². The first-order valence-corrected chi connectivity index (χ1v) is 7.64. The average Bonchev–Trinajstić information content (AvgIpc) is 2.97. The number of nitrogens with zero attached hydrogens (tertiary/aromatic N) is 3. The Labute approximate surface area is 137 Å². The predicted molar refractivity (Wildman–Crippen MR) is 87.3 cm³/mol. The lowest BCUT2D eigenvalue weighted by molar-refractivity contribution is 0.989. The van der Waals surface area contributed by atoms with Crippen LogP contribution in [0.15, 0.2) is 53.4 Å². The summed E-state index contributed by atoms with van der Waals surface area (Å²) in [6.45, 7) is 0. The second-order valence-electron chi connectivity index (χ2n) is 5.01. The first kappa shape index (κ1) is 14.5. The molecule has 22 heavy (non-hydrogen) atoms. The molecule has 2 heterocycles. The first-order valence-electron chi connectivity index (χ1n) is 6.85. The summed E-state index contributed by atoms with van der Waals surface area (Å²) in [5.74, 6) is 0.924. The van der Waals surface area contributed by atoms with Gasteiger partial charge in [0.1, 0.15) is 10.4 Å². The first-order chi connectivity index (χ1) is 10.7. The molecule has 1 N–H and O–H groups in total. The van der Waals surface area contributed by atoms with E-state index in [9.17, 15) is 0 Å². The molecule has 0 saturated heterocycles. The van der Waals surface area contributed by atoms with E-state index in [0.29, 0.717) is 5.56 Å². The van der Waals surface area contributed by atoms with Crippen molar-refractivity contribution < 1.29 is 0 Å². The van der Waals surface area contributed by atoms with Crippen molar-refractivity contribution in [3.63, 3.8) is 0 Å². The van der Waals surface area contributed by atoms with E-state index in [0.717, 1.165) is 40.1 Å². The molecule has 0 bridgehead atoms. The number of halogens is 1. The van der Waals surface area contributed by atoms with Crippen molar-refractivity contribution in [3.8, 4) is 6.07 Å². The monoisotopic (exact) mass is 352 g/mol. The molecule has 0 amide bonds. The van der Waals surface area contributed by atoms with Crippen LogP contribution in [0.25, 0.3) is 0 Å². The van der Waals surface area contributed by atoms with Crippen molar-refractivity contribution >= 4 is 15.9 Å². The molecule has 0 aliphatic carbocycles. The highest BCUT2D eigenvalue weighted by atomic mass is 79.9. The Morgan fingerprint density at radius 1 is 0.955 bits per heavy atom. The molecule has 1 aromatic carbocycles. The van der Waals surface area contributed by atoms with E-state index in [1.54, 1.807) is 0 Å². The maximum atomic E-state index is 8.80. The van der Waals surface area contributed by atoms with Gasteiger partial charge in [0.05, 0.1) is 11.6 Å². The van der Waals surface area contributed by atoms with Gasteiger partial charge in [-0.2, -0.15) is 5.26 Å². The van der Waals surface area contributed by atoms with E-state index < -0.39 is 0 Å². The fourth-order valence-electron chi connectivity index (χ4n) is 2.21. The SMILES string of the molecule is N#Cc1ccc(Cc2cnc(Cc3ccc(Br)nc3)[nH]2)cc1. The Kier molecular flexibility index (Phi) is 4.31. The maximum Gasteiger partial charge on any atom is 0.110 e. The Morgan fingerprint density at radius 3 is 2.41 bits per heavy atom. The number of H-pyrrole nitrogens is 1. The standard InChI is InChI=1S/C17H13BrN4/c18-16-6-5-14(10-20-16)8-17-21-11-15(22-17)7-12-1-3-13(9-19)4-2-12/h1-6,10-11H,7-8H2,(H,21,22). The van der Waals surface area contributed by atoms with Crippen LogP contribution in [0.5, 0.6) is 0 Å². The van der Waals surface area contributed by atoms with Crippen LogP contribution in [0, 0.1) is 11.3 Å². The molecule has 3 aromatic rings. The molecule has 0 fully saturated rings. The number of imidazole rings is 1. The van der Waals surface area contributed by atoms with E-state index in [2.05, 4.69) is 37.0 Å². The normalized spacial score (nSPS) is 10.4. The smallest absolute Gasteiger partial charge is 0.110 e. The number of rotatable bonds is 4. The quantitative estimate of drug-likeness (QED) is 0.729. The number of hydrogen-bond donors (Lipinski definition) is 1. The van der Waals surface area contributed by atoms with Crippen LogP contribution in [0.1, 0.15) is 28.2 Å². The Hall–Kier alpha value is -2.45. The summed E-state index contributed by atoms with van der Waals surface area (Å²) in [5, 5.41) is 8.80. The topological polar surface area (TPSA) is 65.4 Å². The number of nitriles is 1. The molecular weight excluding hydrogens is 340 g/mol. The molecule has 0 spiro atoms. The summed E-state index contributed by atoms with van der Waals surface area (Å²) in [6, 6.07) is 13.7. The van der Waals surface area contributed by atoms with Crippen LogP contribution in [0.2, 0.25) is 0 Å². The number of pyridine rings is 1. The van der Waals surface area contributed by atoms with Gasteiger partial charge >= 0.3 is 0 Å². The van der Waals surface area contributed by atoms with Gasteiger partial charge in [-0.15, -0.1) is 0 Å². The third-order valence-electron chi connectivity index (χ3n) is 3.32. The van der Waals surface area contributed by atoms with Crippen molar-refractivity contribution in [2.45, 2.75) is 12.8 Å². The molecule has 0 atom stereocenters. The lowest BCUT2D eigenvalue weighted by Crippen LogP contribution is -1.93. The summed E-state index contributed by atoms with van der Waals surface area (Å²) in [6.07, 6.45) is 5.21. The second-order valence-corrected chi connectivity index (χ2v) is 5.82. The molecular formula is C17H13BrN4. The molecule has 5 heteroatoms. The highest BCUT2D eigenvalue weighted by Crippen LogP contribution is 2.12. The van der Waals surface area contributed by atoms with Gasteiger partial charge in [-0.1, -0.05) is 18.2 Å². The van der Waals surface area contributed by atoms with Gasteiger partial charge in [0.2, 0.25) is 0 Å². The fourth-order valence-corrected chi connectivity index (χ4v) is 2.44. The summed E-state index contributed by atoms with van der Waals surface area (Å²) < 4.78 is 0.831. The van der Waals surface area contributed by atoms with Gasteiger partial charge in [-0.25, -0.2) is 9.97 Å².